The van der Waals surface area contributed by atoms with Gasteiger partial charge in [-0.2, -0.15) is 0 Å². The molecule has 0 atom stereocenters. The van der Waals surface area contributed by atoms with Gasteiger partial charge in [0.15, 0.2) is 0 Å². The van der Waals surface area contributed by atoms with Crippen molar-refractivity contribution in [1.82, 2.24) is 9.97 Å². The van der Waals surface area contributed by atoms with Gasteiger partial charge in [-0.25, -0.2) is 9.97 Å². The van der Waals surface area contributed by atoms with Gasteiger partial charge in [-0.1, -0.05) is 46.4 Å². The molecule has 2 N–H and O–H groups in total. The minimum absolute atomic E-state index is 0.116. The number of aromatic nitrogens is 2. The lowest BCUT2D eigenvalue weighted by atomic mass is 10.1. The zero-order chi connectivity index (χ0) is 12.6. The molecule has 0 aliphatic heterocycles. The summed E-state index contributed by atoms with van der Waals surface area (Å²) in [5.41, 5.74) is 6.41. The van der Waals surface area contributed by atoms with Crippen molar-refractivity contribution in [2.24, 2.45) is 0 Å². The molecule has 0 saturated heterocycles. The van der Waals surface area contributed by atoms with E-state index in [1.807, 2.05) is 0 Å². The van der Waals surface area contributed by atoms with E-state index in [-0.39, 0.29) is 16.0 Å². The van der Waals surface area contributed by atoms with Gasteiger partial charge in [-0.15, -0.1) is 0 Å². The molecule has 0 spiro atoms. The monoisotopic (exact) mass is 307 g/mol. The van der Waals surface area contributed by atoms with Crippen LogP contribution >= 0.6 is 46.4 Å². The zero-order valence-corrected chi connectivity index (χ0v) is 11.2. The molecule has 0 radical (unpaired) electrons. The van der Waals surface area contributed by atoms with Crippen molar-refractivity contribution in [3.05, 3.63) is 38.4 Å². The molecule has 7 heteroatoms. The average molecular weight is 309 g/mol. The van der Waals surface area contributed by atoms with Crippen LogP contribution in [0.4, 0.5) is 5.95 Å². The summed E-state index contributed by atoms with van der Waals surface area (Å²) in [6.45, 7) is 0. The number of nitrogens with zero attached hydrogens (tertiary/aromatic N) is 2. The Bertz CT molecular complexity index is 560. The Morgan fingerprint density at radius 3 is 2.12 bits per heavy atom. The Balaban J connectivity index is 2.75. The van der Waals surface area contributed by atoms with Gasteiger partial charge in [-0.05, 0) is 12.1 Å². The smallest absolute Gasteiger partial charge is 0.220 e. The number of anilines is 1. The molecule has 0 bridgehead atoms. The van der Waals surface area contributed by atoms with Crippen LogP contribution in [-0.2, 0) is 0 Å². The van der Waals surface area contributed by atoms with E-state index in [2.05, 4.69) is 9.97 Å². The standard InChI is InChI=1S/C10H5Cl4N3/c11-4-3-5(12)9(14)7(8(4)13)6-1-2-16-10(15)17-6/h1-3H,(H2,15,16,17). The third kappa shape index (κ3) is 2.43. The highest BCUT2D eigenvalue weighted by atomic mass is 35.5. The maximum Gasteiger partial charge on any atom is 0.220 e. The van der Waals surface area contributed by atoms with Gasteiger partial charge >= 0.3 is 0 Å². The summed E-state index contributed by atoms with van der Waals surface area (Å²) < 4.78 is 0. The van der Waals surface area contributed by atoms with Crippen molar-refractivity contribution in [3.8, 4) is 11.3 Å². The third-order valence-electron chi connectivity index (χ3n) is 2.04. The number of hydrogen-bond acceptors (Lipinski definition) is 3. The van der Waals surface area contributed by atoms with E-state index in [4.69, 9.17) is 52.1 Å². The predicted octanol–water partition coefficient (Wildman–Crippen LogP) is 4.34. The summed E-state index contributed by atoms with van der Waals surface area (Å²) in [5.74, 6) is 0.116. The lowest BCUT2D eigenvalue weighted by Crippen LogP contribution is -1.96. The van der Waals surface area contributed by atoms with Crippen LogP contribution in [0.25, 0.3) is 11.3 Å². The molecular formula is C10H5Cl4N3. The summed E-state index contributed by atoms with van der Waals surface area (Å²) >= 11 is 24.0. The van der Waals surface area contributed by atoms with Crippen molar-refractivity contribution >= 4 is 52.4 Å². The molecule has 0 amide bonds. The number of halogens is 4. The van der Waals surface area contributed by atoms with Crippen molar-refractivity contribution < 1.29 is 0 Å². The summed E-state index contributed by atoms with van der Waals surface area (Å²) in [6, 6.07) is 3.10. The highest BCUT2D eigenvalue weighted by molar-refractivity contribution is 6.50. The fraction of sp³-hybridized carbons (Fsp3) is 0. The Kier molecular flexibility index (Phi) is 3.64. The van der Waals surface area contributed by atoms with Gasteiger partial charge < -0.3 is 5.73 Å². The second-order valence-electron chi connectivity index (χ2n) is 3.14. The first kappa shape index (κ1) is 12.7. The van der Waals surface area contributed by atoms with Crippen molar-refractivity contribution in [3.63, 3.8) is 0 Å². The summed E-state index contributed by atoms with van der Waals surface area (Å²) in [5, 5.41) is 1.15. The molecule has 0 aliphatic rings. The second-order valence-corrected chi connectivity index (χ2v) is 4.71. The molecule has 1 aromatic carbocycles. The summed E-state index contributed by atoms with van der Waals surface area (Å²) in [7, 11) is 0. The molecule has 2 aromatic rings. The van der Waals surface area contributed by atoms with Crippen LogP contribution in [0.3, 0.4) is 0 Å². The van der Waals surface area contributed by atoms with E-state index in [1.165, 1.54) is 12.3 Å². The highest BCUT2D eigenvalue weighted by Crippen LogP contribution is 2.42. The van der Waals surface area contributed by atoms with Gasteiger partial charge in [0.2, 0.25) is 5.95 Å². The average Bonchev–Trinajstić information content (AvgIpc) is 2.27. The predicted molar refractivity (Wildman–Crippen MR) is 71.9 cm³/mol. The quantitative estimate of drug-likeness (QED) is 0.797. The van der Waals surface area contributed by atoms with Gasteiger partial charge in [-0.3, -0.25) is 0 Å². The molecule has 3 nitrogen and oxygen atoms in total. The maximum atomic E-state index is 6.08. The number of benzene rings is 1. The van der Waals surface area contributed by atoms with Crippen molar-refractivity contribution in [2.45, 2.75) is 0 Å². The fourth-order valence-electron chi connectivity index (χ4n) is 1.31. The van der Waals surface area contributed by atoms with Crippen LogP contribution < -0.4 is 5.73 Å². The van der Waals surface area contributed by atoms with E-state index in [0.717, 1.165) is 0 Å². The molecule has 0 fully saturated rings. The summed E-state index contributed by atoms with van der Waals surface area (Å²) in [6.07, 6.45) is 1.50. The van der Waals surface area contributed by atoms with E-state index in [0.29, 0.717) is 21.3 Å². The third-order valence-corrected chi connectivity index (χ3v) is 3.62. The van der Waals surface area contributed by atoms with Gasteiger partial charge in [0, 0.05) is 11.8 Å². The largest absolute Gasteiger partial charge is 0.368 e. The van der Waals surface area contributed by atoms with Crippen LogP contribution in [0.15, 0.2) is 18.3 Å². The van der Waals surface area contributed by atoms with Crippen LogP contribution in [0, 0.1) is 0 Å². The molecule has 0 aliphatic carbocycles. The maximum absolute atomic E-state index is 6.08. The number of nitrogens with two attached hydrogens (primary N) is 1. The first-order chi connectivity index (χ1) is 8.00. The van der Waals surface area contributed by atoms with Crippen LogP contribution in [0.1, 0.15) is 0 Å². The Morgan fingerprint density at radius 1 is 1.00 bits per heavy atom. The van der Waals surface area contributed by atoms with Crippen LogP contribution in [0.5, 0.6) is 0 Å². The van der Waals surface area contributed by atoms with E-state index < -0.39 is 0 Å². The second kappa shape index (κ2) is 4.86. The number of hydrogen-bond donors (Lipinski definition) is 1. The van der Waals surface area contributed by atoms with Gasteiger partial charge in [0.05, 0.1) is 25.8 Å². The minimum atomic E-state index is 0.116. The zero-order valence-electron chi connectivity index (χ0n) is 8.22. The molecule has 17 heavy (non-hydrogen) atoms. The first-order valence-corrected chi connectivity index (χ1v) is 5.93. The van der Waals surface area contributed by atoms with Crippen molar-refractivity contribution in [1.29, 1.82) is 0 Å². The molecule has 0 unspecified atom stereocenters. The number of rotatable bonds is 1. The SMILES string of the molecule is Nc1nccc(-c2c(Cl)c(Cl)cc(Cl)c2Cl)n1. The fourth-order valence-corrected chi connectivity index (χ4v) is 2.31. The lowest BCUT2D eigenvalue weighted by molar-refractivity contribution is 1.19. The van der Waals surface area contributed by atoms with Gasteiger partial charge in [0.25, 0.3) is 0 Å². The topological polar surface area (TPSA) is 51.8 Å². The molecule has 1 aromatic heterocycles. The molecular weight excluding hydrogens is 304 g/mol. The Morgan fingerprint density at radius 2 is 1.59 bits per heavy atom. The number of nitrogen functional groups attached to an aromatic ring is 1. The Hall–Kier alpha value is -0.740. The minimum Gasteiger partial charge on any atom is -0.368 e. The summed E-state index contributed by atoms with van der Waals surface area (Å²) in [4.78, 5) is 7.81. The van der Waals surface area contributed by atoms with E-state index >= 15 is 0 Å². The molecule has 2 rings (SSSR count). The highest BCUT2D eigenvalue weighted by Gasteiger charge is 2.16. The Labute approximate surface area is 117 Å². The van der Waals surface area contributed by atoms with Gasteiger partial charge in [0.1, 0.15) is 0 Å². The lowest BCUT2D eigenvalue weighted by Gasteiger charge is -2.09. The molecule has 88 valence electrons. The molecule has 1 heterocycles. The normalized spacial score (nSPS) is 10.6. The van der Waals surface area contributed by atoms with E-state index in [9.17, 15) is 0 Å². The van der Waals surface area contributed by atoms with Crippen LogP contribution in [0.2, 0.25) is 20.1 Å². The first-order valence-electron chi connectivity index (χ1n) is 4.42. The van der Waals surface area contributed by atoms with Crippen molar-refractivity contribution in [2.75, 3.05) is 5.73 Å². The molecule has 0 saturated carbocycles. The van der Waals surface area contributed by atoms with E-state index in [1.54, 1.807) is 6.07 Å². The van der Waals surface area contributed by atoms with Crippen LogP contribution in [-0.4, -0.2) is 9.97 Å².